The maximum Gasteiger partial charge on any atom is 0.331 e. The van der Waals surface area contributed by atoms with Crippen LogP contribution in [0.2, 0.25) is 0 Å². The van der Waals surface area contributed by atoms with Crippen molar-refractivity contribution in [2.45, 2.75) is 44.4 Å². The fraction of sp³-hybridized carbons (Fsp3) is 0.375. The molecule has 182 valence electrons. The minimum absolute atomic E-state index is 0.00487. The van der Waals surface area contributed by atoms with Crippen molar-refractivity contribution in [3.63, 3.8) is 0 Å². The second-order valence-electron chi connectivity index (χ2n) is 8.32. The maximum absolute atomic E-state index is 13.6. The van der Waals surface area contributed by atoms with Crippen molar-refractivity contribution in [1.29, 1.82) is 0 Å². The van der Waals surface area contributed by atoms with E-state index in [-0.39, 0.29) is 11.1 Å². The summed E-state index contributed by atoms with van der Waals surface area (Å²) in [6, 6.07) is 9.85. The molecule has 2 unspecified atom stereocenters. The first-order chi connectivity index (χ1) is 16.2. The number of nitro benzene ring substituents is 1. The number of hydrogen-bond acceptors (Lipinski definition) is 6. The van der Waals surface area contributed by atoms with Crippen LogP contribution in [0.5, 0.6) is 5.75 Å². The number of ether oxygens (including phenoxy) is 1. The van der Waals surface area contributed by atoms with E-state index in [1.807, 2.05) is 6.07 Å². The van der Waals surface area contributed by atoms with Gasteiger partial charge in [-0.2, -0.15) is 0 Å². The number of benzene rings is 2. The normalized spacial score (nSPS) is 20.1. The fourth-order valence-electron chi connectivity index (χ4n) is 4.07. The van der Waals surface area contributed by atoms with Crippen LogP contribution in [0, 0.1) is 15.5 Å². The van der Waals surface area contributed by atoms with Gasteiger partial charge in [0.15, 0.2) is 0 Å². The molecule has 34 heavy (non-hydrogen) atoms. The zero-order chi connectivity index (χ0) is 24.9. The molecule has 0 saturated heterocycles. The van der Waals surface area contributed by atoms with Crippen LogP contribution in [-0.4, -0.2) is 32.5 Å². The van der Waals surface area contributed by atoms with E-state index in [0.717, 1.165) is 49.4 Å². The molecule has 0 spiro atoms. The Morgan fingerprint density at radius 1 is 1.32 bits per heavy atom. The Labute approximate surface area is 209 Å². The Morgan fingerprint density at radius 3 is 2.62 bits per heavy atom. The number of unbranched alkanes of at least 4 members (excludes halogenated alkanes) is 1. The van der Waals surface area contributed by atoms with Crippen LogP contribution < -0.4 is 9.64 Å². The Kier molecular flexibility index (Phi) is 8.48. The number of aliphatic carboxylic acids is 1. The van der Waals surface area contributed by atoms with E-state index in [0.29, 0.717) is 27.4 Å². The number of non-ortho nitro benzene ring substituents is 1. The number of rotatable bonds is 9. The molecule has 1 heterocycles. The van der Waals surface area contributed by atoms with Crippen LogP contribution in [0.3, 0.4) is 0 Å². The highest BCUT2D eigenvalue weighted by molar-refractivity contribution is 9.10. The lowest BCUT2D eigenvalue weighted by molar-refractivity contribution is -0.384. The lowest BCUT2D eigenvalue weighted by atomic mass is 9.81. The zero-order valence-corrected chi connectivity index (χ0v) is 21.4. The summed E-state index contributed by atoms with van der Waals surface area (Å²) < 4.78 is 19.7. The molecule has 3 rings (SSSR count). The molecule has 1 aliphatic heterocycles. The number of carbonyl (C=O) groups is 1. The van der Waals surface area contributed by atoms with E-state index in [1.54, 1.807) is 18.2 Å². The monoisotopic (exact) mass is 550 g/mol. The van der Waals surface area contributed by atoms with Gasteiger partial charge < -0.3 is 14.7 Å². The molecule has 0 aliphatic carbocycles. The maximum atomic E-state index is 13.6. The summed E-state index contributed by atoms with van der Waals surface area (Å²) in [4.78, 5) is 24.2. The summed E-state index contributed by atoms with van der Waals surface area (Å²) in [5.74, 6) is -0.306. The summed E-state index contributed by atoms with van der Waals surface area (Å²) in [7, 11) is -1.34. The molecule has 0 aromatic heterocycles. The average molecular weight is 551 g/mol. The molecule has 2 atom stereocenters. The van der Waals surface area contributed by atoms with Gasteiger partial charge in [-0.25, -0.2) is 4.79 Å². The minimum Gasteiger partial charge on any atom is -0.478 e. The van der Waals surface area contributed by atoms with Gasteiger partial charge in [0.05, 0.1) is 43.1 Å². The molecule has 1 N–H and O–H groups in total. The lowest BCUT2D eigenvalue weighted by Gasteiger charge is -2.36. The van der Waals surface area contributed by atoms with Gasteiger partial charge in [-0.15, -0.1) is 0 Å². The van der Waals surface area contributed by atoms with Gasteiger partial charge in [0, 0.05) is 36.2 Å². The van der Waals surface area contributed by atoms with E-state index in [9.17, 15) is 19.1 Å². The van der Waals surface area contributed by atoms with E-state index < -0.39 is 21.7 Å². The highest BCUT2D eigenvalue weighted by Crippen LogP contribution is 2.45. The van der Waals surface area contributed by atoms with Crippen LogP contribution in [-0.2, 0) is 15.6 Å². The summed E-state index contributed by atoms with van der Waals surface area (Å²) >= 11 is 3.49. The lowest BCUT2D eigenvalue weighted by Crippen LogP contribution is -2.37. The Hall–Kier alpha value is -2.72. The van der Waals surface area contributed by atoms with Gasteiger partial charge in [0.2, 0.25) is 0 Å². The van der Waals surface area contributed by atoms with Crippen molar-refractivity contribution in [1.82, 2.24) is 0 Å². The first-order valence-electron chi connectivity index (χ1n) is 11.0. The number of halogens is 1. The number of carboxylic acid groups (broad SMARTS) is 1. The van der Waals surface area contributed by atoms with Crippen molar-refractivity contribution in [3.8, 4) is 5.75 Å². The van der Waals surface area contributed by atoms with Crippen molar-refractivity contribution in [2.24, 2.45) is 5.41 Å². The number of anilines is 2. The van der Waals surface area contributed by atoms with Gasteiger partial charge in [-0.05, 0) is 52.4 Å². The van der Waals surface area contributed by atoms with Crippen LogP contribution >= 0.6 is 15.9 Å². The number of hydrogen-bond donors (Lipinski definition) is 1. The molecule has 0 bridgehead atoms. The van der Waals surface area contributed by atoms with Crippen LogP contribution in [0.15, 0.2) is 58.1 Å². The Bertz CT molecular complexity index is 1120. The number of fused-ring (bicyclic) bond motifs is 1. The second kappa shape index (κ2) is 11.1. The standard InChI is InChI=1S/C24H27BrN2O6S/c1-3-5-11-24(4-2)15-26(17-6-8-18(9-7-17)27(30)31)20-13-19(25)21(33-12-10-23(28)29)14-22(20)34(32)16-24/h6-10,12-14H,3-5,11,15-16H2,1-2H3,(H,28,29)/b12-10+. The molecule has 0 radical (unpaired) electrons. The average Bonchev–Trinajstić information content (AvgIpc) is 2.92. The Morgan fingerprint density at radius 2 is 2.03 bits per heavy atom. The number of nitro groups is 1. The first-order valence-corrected chi connectivity index (χ1v) is 13.1. The van der Waals surface area contributed by atoms with E-state index in [4.69, 9.17) is 9.84 Å². The smallest absolute Gasteiger partial charge is 0.331 e. The molecule has 8 nitrogen and oxygen atoms in total. The predicted molar refractivity (Wildman–Crippen MR) is 135 cm³/mol. The third-order valence-electron chi connectivity index (χ3n) is 6.07. The van der Waals surface area contributed by atoms with Crippen molar-refractivity contribution in [3.05, 3.63) is 63.3 Å². The van der Waals surface area contributed by atoms with Crippen molar-refractivity contribution in [2.75, 3.05) is 17.2 Å². The van der Waals surface area contributed by atoms with E-state index in [2.05, 4.69) is 34.7 Å². The largest absolute Gasteiger partial charge is 0.478 e. The summed E-state index contributed by atoms with van der Waals surface area (Å²) in [6.45, 7) is 4.86. The highest BCUT2D eigenvalue weighted by Gasteiger charge is 2.38. The molecular formula is C24H27BrN2O6S. The zero-order valence-electron chi connectivity index (χ0n) is 19.0. The van der Waals surface area contributed by atoms with Crippen LogP contribution in [0.25, 0.3) is 0 Å². The van der Waals surface area contributed by atoms with Gasteiger partial charge in [-0.1, -0.05) is 26.7 Å². The second-order valence-corrected chi connectivity index (χ2v) is 10.6. The van der Waals surface area contributed by atoms with Gasteiger partial charge >= 0.3 is 5.97 Å². The van der Waals surface area contributed by atoms with Gasteiger partial charge in [0.25, 0.3) is 5.69 Å². The predicted octanol–water partition coefficient (Wildman–Crippen LogP) is 6.18. The molecule has 2 aromatic carbocycles. The van der Waals surface area contributed by atoms with Crippen LogP contribution in [0.4, 0.5) is 17.1 Å². The number of nitrogens with zero attached hydrogens (tertiary/aromatic N) is 2. The molecule has 1 aliphatic rings. The molecule has 10 heteroatoms. The van der Waals surface area contributed by atoms with E-state index >= 15 is 0 Å². The van der Waals surface area contributed by atoms with Crippen molar-refractivity contribution >= 4 is 49.8 Å². The van der Waals surface area contributed by atoms with Crippen molar-refractivity contribution < 1.29 is 23.8 Å². The molecule has 0 fully saturated rings. The summed E-state index contributed by atoms with van der Waals surface area (Å²) in [5, 5.41) is 20.0. The Balaban J connectivity index is 2.13. The van der Waals surface area contributed by atoms with E-state index in [1.165, 1.54) is 12.1 Å². The molecular weight excluding hydrogens is 524 g/mol. The first kappa shape index (κ1) is 25.9. The highest BCUT2D eigenvalue weighted by atomic mass is 79.9. The summed E-state index contributed by atoms with van der Waals surface area (Å²) in [6.07, 6.45) is 5.73. The fourth-order valence-corrected chi connectivity index (χ4v) is 6.29. The van der Waals surface area contributed by atoms with Gasteiger partial charge in [-0.3, -0.25) is 14.3 Å². The van der Waals surface area contributed by atoms with Crippen LogP contribution in [0.1, 0.15) is 39.5 Å². The SMILES string of the molecule is CCCCC1(CC)CN(c2ccc([N+](=O)[O-])cc2)c2cc(Br)c(O/C=C/C(=O)O)cc2S(=O)C1. The number of carboxylic acids is 1. The third-order valence-corrected chi connectivity index (χ3v) is 8.38. The molecule has 2 aromatic rings. The topological polar surface area (TPSA) is 110 Å². The summed E-state index contributed by atoms with van der Waals surface area (Å²) in [5.41, 5.74) is 1.29. The molecule has 0 saturated carbocycles. The third kappa shape index (κ3) is 5.85. The quantitative estimate of drug-likeness (QED) is 0.172. The van der Waals surface area contributed by atoms with Gasteiger partial charge in [0.1, 0.15) is 5.75 Å². The molecule has 0 amide bonds. The minimum atomic E-state index is -1.34.